The van der Waals surface area contributed by atoms with E-state index in [-0.39, 0.29) is 10.9 Å². The van der Waals surface area contributed by atoms with Gasteiger partial charge in [-0.05, 0) is 31.0 Å². The zero-order chi connectivity index (χ0) is 12.3. The largest absolute Gasteiger partial charge is 0.384 e. The summed E-state index contributed by atoms with van der Waals surface area (Å²) in [6, 6.07) is 4.88. The van der Waals surface area contributed by atoms with Crippen LogP contribution in [0.1, 0.15) is 19.3 Å². The van der Waals surface area contributed by atoms with Crippen LogP contribution in [0.15, 0.2) is 18.2 Å². The third-order valence-corrected chi connectivity index (χ3v) is 2.85. The third kappa shape index (κ3) is 3.89. The lowest BCUT2D eigenvalue weighted by Crippen LogP contribution is -2.27. The van der Waals surface area contributed by atoms with Crippen LogP contribution in [0.2, 0.25) is 5.02 Å². The van der Waals surface area contributed by atoms with Gasteiger partial charge in [0.1, 0.15) is 5.82 Å². The Hall–Kier alpha value is -1.29. The van der Waals surface area contributed by atoms with Gasteiger partial charge in [-0.3, -0.25) is 4.79 Å². The van der Waals surface area contributed by atoms with Crippen molar-refractivity contribution in [2.75, 3.05) is 11.9 Å². The van der Waals surface area contributed by atoms with E-state index in [9.17, 15) is 9.18 Å². The molecule has 1 aromatic rings. The van der Waals surface area contributed by atoms with Crippen molar-refractivity contribution < 1.29 is 9.18 Å². The van der Waals surface area contributed by atoms with E-state index in [2.05, 4.69) is 10.6 Å². The van der Waals surface area contributed by atoms with Crippen LogP contribution < -0.4 is 10.6 Å². The molecule has 17 heavy (non-hydrogen) atoms. The van der Waals surface area contributed by atoms with E-state index in [0.29, 0.717) is 24.7 Å². The Morgan fingerprint density at radius 3 is 2.88 bits per heavy atom. The van der Waals surface area contributed by atoms with Gasteiger partial charge in [0.05, 0.1) is 5.02 Å². The van der Waals surface area contributed by atoms with Crippen molar-refractivity contribution in [3.63, 3.8) is 0 Å². The van der Waals surface area contributed by atoms with Gasteiger partial charge in [-0.25, -0.2) is 4.39 Å². The van der Waals surface area contributed by atoms with Crippen LogP contribution in [0, 0.1) is 5.82 Å². The van der Waals surface area contributed by atoms with E-state index in [4.69, 9.17) is 11.6 Å². The first kappa shape index (κ1) is 12.2. The fraction of sp³-hybridized carbons (Fsp3) is 0.417. The molecule has 3 nitrogen and oxygen atoms in total. The molecule has 92 valence electrons. The van der Waals surface area contributed by atoms with E-state index >= 15 is 0 Å². The van der Waals surface area contributed by atoms with Crippen LogP contribution in [0.25, 0.3) is 0 Å². The summed E-state index contributed by atoms with van der Waals surface area (Å²) in [7, 11) is 0. The minimum atomic E-state index is -0.459. The topological polar surface area (TPSA) is 41.1 Å². The minimum absolute atomic E-state index is 0.0365. The van der Waals surface area contributed by atoms with E-state index in [1.807, 2.05) is 0 Å². The second-order valence-electron chi connectivity index (χ2n) is 4.15. The summed E-state index contributed by atoms with van der Waals surface area (Å²) in [5, 5.41) is 5.96. The van der Waals surface area contributed by atoms with Gasteiger partial charge in [0.25, 0.3) is 0 Å². The second-order valence-corrected chi connectivity index (χ2v) is 4.55. The van der Waals surface area contributed by atoms with Crippen LogP contribution in [0.5, 0.6) is 0 Å². The molecule has 1 amide bonds. The van der Waals surface area contributed by atoms with E-state index in [1.165, 1.54) is 12.1 Å². The molecular formula is C12H14ClFN2O. The zero-order valence-corrected chi connectivity index (χ0v) is 10.1. The summed E-state index contributed by atoms with van der Waals surface area (Å²) < 4.78 is 13.1. The number of rotatable bonds is 5. The number of carbonyl (C=O) groups excluding carboxylic acids is 1. The molecule has 1 aliphatic rings. The monoisotopic (exact) mass is 256 g/mol. The lowest BCUT2D eigenvalue weighted by atomic mass is 10.3. The van der Waals surface area contributed by atoms with Crippen molar-refractivity contribution in [1.29, 1.82) is 0 Å². The highest BCUT2D eigenvalue weighted by atomic mass is 35.5. The molecule has 2 N–H and O–H groups in total. The molecule has 0 bridgehead atoms. The lowest BCUT2D eigenvalue weighted by molar-refractivity contribution is -0.120. The highest BCUT2D eigenvalue weighted by Gasteiger charge is 2.22. The van der Waals surface area contributed by atoms with Gasteiger partial charge in [0.2, 0.25) is 5.91 Å². The molecule has 1 aromatic carbocycles. The fourth-order valence-corrected chi connectivity index (χ4v) is 1.57. The predicted molar refractivity (Wildman–Crippen MR) is 65.7 cm³/mol. The average molecular weight is 257 g/mol. The summed E-state index contributed by atoms with van der Waals surface area (Å²) in [5.41, 5.74) is 0.631. The first-order valence-electron chi connectivity index (χ1n) is 5.63. The number of anilines is 1. The lowest BCUT2D eigenvalue weighted by Gasteiger charge is -2.07. The smallest absolute Gasteiger partial charge is 0.221 e. The summed E-state index contributed by atoms with van der Waals surface area (Å²) in [5.74, 6) is -0.423. The van der Waals surface area contributed by atoms with E-state index in [1.54, 1.807) is 6.07 Å². The van der Waals surface area contributed by atoms with Crippen molar-refractivity contribution in [3.8, 4) is 0 Å². The molecule has 2 rings (SSSR count). The van der Waals surface area contributed by atoms with Crippen molar-refractivity contribution >= 4 is 23.2 Å². The van der Waals surface area contributed by atoms with Gasteiger partial charge >= 0.3 is 0 Å². The van der Waals surface area contributed by atoms with Crippen LogP contribution in [0.3, 0.4) is 0 Å². The number of benzene rings is 1. The number of halogens is 2. The Kier molecular flexibility index (Phi) is 3.84. The number of carbonyl (C=O) groups is 1. The maximum absolute atomic E-state index is 13.1. The van der Waals surface area contributed by atoms with Crippen LogP contribution in [0.4, 0.5) is 10.1 Å². The minimum Gasteiger partial charge on any atom is -0.384 e. The first-order valence-corrected chi connectivity index (χ1v) is 6.01. The molecule has 0 unspecified atom stereocenters. The Bertz CT molecular complexity index is 421. The van der Waals surface area contributed by atoms with E-state index in [0.717, 1.165) is 12.8 Å². The summed E-state index contributed by atoms with van der Waals surface area (Å²) in [4.78, 5) is 11.4. The molecule has 1 saturated carbocycles. The van der Waals surface area contributed by atoms with Gasteiger partial charge in [-0.15, -0.1) is 0 Å². The Balaban J connectivity index is 1.73. The van der Waals surface area contributed by atoms with Crippen molar-refractivity contribution in [3.05, 3.63) is 29.0 Å². The van der Waals surface area contributed by atoms with Crippen molar-refractivity contribution in [2.24, 2.45) is 0 Å². The number of hydrogen-bond donors (Lipinski definition) is 2. The van der Waals surface area contributed by atoms with Gasteiger partial charge < -0.3 is 10.6 Å². The standard InChI is InChI=1S/C12H14ClFN2O/c13-10-4-3-9(7-11(10)14)15-6-5-12(17)16-8-1-2-8/h3-4,7-8,15H,1-2,5-6H2,(H,16,17). The van der Waals surface area contributed by atoms with Gasteiger partial charge in [0, 0.05) is 24.7 Å². The molecule has 0 heterocycles. The fourth-order valence-electron chi connectivity index (χ4n) is 1.45. The molecule has 0 saturated heterocycles. The SMILES string of the molecule is O=C(CCNc1ccc(Cl)c(F)c1)NC1CC1. The summed E-state index contributed by atoms with van der Waals surface area (Å²) in [6.07, 6.45) is 2.56. The first-order chi connectivity index (χ1) is 8.15. The molecule has 5 heteroatoms. The Labute approximate surface area is 104 Å². The normalized spacial score (nSPS) is 14.5. The maximum atomic E-state index is 13.1. The zero-order valence-electron chi connectivity index (χ0n) is 9.30. The van der Waals surface area contributed by atoms with E-state index < -0.39 is 5.82 Å². The van der Waals surface area contributed by atoms with Gasteiger partial charge in [0.15, 0.2) is 0 Å². The molecule has 0 spiro atoms. The van der Waals surface area contributed by atoms with Gasteiger partial charge in [-0.1, -0.05) is 11.6 Å². The molecule has 0 aliphatic heterocycles. The van der Waals surface area contributed by atoms with Gasteiger partial charge in [-0.2, -0.15) is 0 Å². The Morgan fingerprint density at radius 1 is 1.47 bits per heavy atom. The maximum Gasteiger partial charge on any atom is 0.221 e. The number of nitrogens with one attached hydrogen (secondary N) is 2. The van der Waals surface area contributed by atoms with Crippen LogP contribution >= 0.6 is 11.6 Å². The third-order valence-electron chi connectivity index (χ3n) is 2.54. The number of amides is 1. The molecule has 0 radical (unpaired) electrons. The predicted octanol–water partition coefficient (Wildman–Crippen LogP) is 2.56. The molecule has 0 aromatic heterocycles. The highest BCUT2D eigenvalue weighted by molar-refractivity contribution is 6.30. The Morgan fingerprint density at radius 2 is 2.24 bits per heavy atom. The molecular weight excluding hydrogens is 243 g/mol. The van der Waals surface area contributed by atoms with Crippen LogP contribution in [-0.4, -0.2) is 18.5 Å². The molecule has 1 fully saturated rings. The number of hydrogen-bond acceptors (Lipinski definition) is 2. The van der Waals surface area contributed by atoms with Crippen molar-refractivity contribution in [2.45, 2.75) is 25.3 Å². The average Bonchev–Trinajstić information content (AvgIpc) is 3.07. The van der Waals surface area contributed by atoms with Crippen molar-refractivity contribution in [1.82, 2.24) is 5.32 Å². The summed E-state index contributed by atoms with van der Waals surface area (Å²) in [6.45, 7) is 0.486. The molecule has 1 aliphatic carbocycles. The molecule has 0 atom stereocenters. The highest BCUT2D eigenvalue weighted by Crippen LogP contribution is 2.19. The summed E-state index contributed by atoms with van der Waals surface area (Å²) >= 11 is 5.56. The van der Waals surface area contributed by atoms with Crippen LogP contribution in [-0.2, 0) is 4.79 Å². The second kappa shape index (κ2) is 5.36. The quantitative estimate of drug-likeness (QED) is 0.850.